The number of nitrogens with two attached hydrogens (primary N) is 1. The number of hydrogen-bond acceptors (Lipinski definition) is 3. The fourth-order valence-electron chi connectivity index (χ4n) is 1.30. The Balaban J connectivity index is 3.02. The van der Waals surface area contributed by atoms with Gasteiger partial charge in [-0.2, -0.15) is 0 Å². The molecule has 14 heavy (non-hydrogen) atoms. The monoisotopic (exact) mass is 227 g/mol. The van der Waals surface area contributed by atoms with Crippen molar-refractivity contribution in [1.29, 1.82) is 0 Å². The maximum atomic E-state index is 5.78. The van der Waals surface area contributed by atoms with E-state index in [9.17, 15) is 0 Å². The normalized spacial score (nSPS) is 10.9. The number of benzene rings is 1. The van der Waals surface area contributed by atoms with Gasteiger partial charge in [0.15, 0.2) is 0 Å². The summed E-state index contributed by atoms with van der Waals surface area (Å²) in [4.78, 5) is 2.63. The minimum atomic E-state index is 0.609. The summed E-state index contributed by atoms with van der Waals surface area (Å²) in [5.74, 6) is 0. The molecule has 0 amide bonds. The summed E-state index contributed by atoms with van der Waals surface area (Å²) >= 11 is 3.65. The lowest BCUT2D eigenvalue weighted by atomic mass is 10.2. The topological polar surface area (TPSA) is 26.0 Å². The second kappa shape index (κ2) is 5.69. The Hall–Kier alpha value is -0.120. The van der Waals surface area contributed by atoms with Gasteiger partial charge in [-0.1, -0.05) is 19.9 Å². The first-order valence-corrected chi connectivity index (χ1v) is 6.82. The molecule has 78 valence electrons. The highest BCUT2D eigenvalue weighted by atomic mass is 32.2. The molecule has 0 aliphatic carbocycles. The van der Waals surface area contributed by atoms with Crippen LogP contribution in [0.1, 0.15) is 19.4 Å². The molecule has 0 aromatic heterocycles. The van der Waals surface area contributed by atoms with Crippen molar-refractivity contribution in [2.24, 2.45) is 5.73 Å². The molecule has 2 N–H and O–H groups in total. The Morgan fingerprint density at radius 1 is 1.29 bits per heavy atom. The standard InChI is InChI=1S/C11H17NS2/c1-8(2)14-11-6-4-5-10(13-3)9(11)7-12/h4-6,8H,7,12H2,1-3H3. The minimum absolute atomic E-state index is 0.609. The molecule has 0 unspecified atom stereocenters. The molecule has 0 radical (unpaired) electrons. The molecule has 1 rings (SSSR count). The molecule has 0 fully saturated rings. The molecule has 0 bridgehead atoms. The zero-order valence-electron chi connectivity index (χ0n) is 8.91. The predicted octanol–water partition coefficient (Wildman–Crippen LogP) is 3.37. The van der Waals surface area contributed by atoms with E-state index in [1.165, 1.54) is 15.4 Å². The van der Waals surface area contributed by atoms with Crippen LogP contribution in [0.3, 0.4) is 0 Å². The van der Waals surface area contributed by atoms with E-state index in [1.54, 1.807) is 11.8 Å². The molecule has 1 nitrogen and oxygen atoms in total. The quantitative estimate of drug-likeness (QED) is 0.799. The average Bonchev–Trinajstić information content (AvgIpc) is 2.16. The summed E-state index contributed by atoms with van der Waals surface area (Å²) in [6.45, 7) is 5.04. The highest BCUT2D eigenvalue weighted by Crippen LogP contribution is 2.32. The van der Waals surface area contributed by atoms with E-state index < -0.39 is 0 Å². The van der Waals surface area contributed by atoms with Gasteiger partial charge in [0.05, 0.1) is 0 Å². The van der Waals surface area contributed by atoms with Gasteiger partial charge in [0, 0.05) is 21.6 Å². The SMILES string of the molecule is CSc1cccc(SC(C)C)c1CN. The summed E-state index contributed by atoms with van der Waals surface area (Å²) in [5, 5.41) is 0.609. The van der Waals surface area contributed by atoms with Crippen molar-refractivity contribution in [3.05, 3.63) is 23.8 Å². The Labute approximate surface area is 94.8 Å². The first kappa shape index (κ1) is 12.0. The predicted molar refractivity (Wildman–Crippen MR) is 67.1 cm³/mol. The fourth-order valence-corrected chi connectivity index (χ4v) is 3.02. The van der Waals surface area contributed by atoms with Gasteiger partial charge >= 0.3 is 0 Å². The summed E-state index contributed by atoms with van der Waals surface area (Å²) in [5.41, 5.74) is 7.07. The number of rotatable bonds is 4. The maximum Gasteiger partial charge on any atom is 0.0200 e. The number of thioether (sulfide) groups is 2. The highest BCUT2D eigenvalue weighted by molar-refractivity contribution is 8.00. The van der Waals surface area contributed by atoms with E-state index in [4.69, 9.17) is 5.73 Å². The van der Waals surface area contributed by atoms with Crippen molar-refractivity contribution in [2.45, 2.75) is 35.4 Å². The van der Waals surface area contributed by atoms with Crippen molar-refractivity contribution in [2.75, 3.05) is 6.26 Å². The van der Waals surface area contributed by atoms with E-state index >= 15 is 0 Å². The molecule has 1 aromatic carbocycles. The van der Waals surface area contributed by atoms with E-state index in [0.29, 0.717) is 11.8 Å². The Morgan fingerprint density at radius 2 is 1.93 bits per heavy atom. The molecule has 0 heterocycles. The van der Waals surface area contributed by atoms with E-state index in [-0.39, 0.29) is 0 Å². The molecule has 0 atom stereocenters. The van der Waals surface area contributed by atoms with Crippen LogP contribution in [-0.4, -0.2) is 11.5 Å². The van der Waals surface area contributed by atoms with Crippen LogP contribution < -0.4 is 5.73 Å². The van der Waals surface area contributed by atoms with Crippen LogP contribution in [-0.2, 0) is 6.54 Å². The van der Waals surface area contributed by atoms with Gasteiger partial charge in [0.1, 0.15) is 0 Å². The zero-order chi connectivity index (χ0) is 10.6. The third kappa shape index (κ3) is 2.94. The highest BCUT2D eigenvalue weighted by Gasteiger charge is 2.07. The van der Waals surface area contributed by atoms with Crippen molar-refractivity contribution in [1.82, 2.24) is 0 Å². The molecule has 1 aromatic rings. The molecule has 0 aliphatic rings. The van der Waals surface area contributed by atoms with Crippen LogP contribution in [0.15, 0.2) is 28.0 Å². The van der Waals surface area contributed by atoms with E-state index in [2.05, 4.69) is 38.3 Å². The maximum absolute atomic E-state index is 5.78. The average molecular weight is 227 g/mol. The first-order chi connectivity index (χ1) is 6.69. The van der Waals surface area contributed by atoms with Crippen LogP contribution in [0.2, 0.25) is 0 Å². The summed E-state index contributed by atoms with van der Waals surface area (Å²) in [6, 6.07) is 6.40. The van der Waals surface area contributed by atoms with Crippen molar-refractivity contribution in [3.8, 4) is 0 Å². The third-order valence-corrected chi connectivity index (χ3v) is 3.81. The van der Waals surface area contributed by atoms with E-state index in [0.717, 1.165) is 0 Å². The summed E-state index contributed by atoms with van der Waals surface area (Å²) in [7, 11) is 0. The van der Waals surface area contributed by atoms with Crippen LogP contribution in [0, 0.1) is 0 Å². The molecular weight excluding hydrogens is 210 g/mol. The summed E-state index contributed by atoms with van der Waals surface area (Å²) < 4.78 is 0. The Morgan fingerprint density at radius 3 is 2.43 bits per heavy atom. The second-order valence-corrected chi connectivity index (χ2v) is 5.77. The lowest BCUT2D eigenvalue weighted by Gasteiger charge is -2.12. The van der Waals surface area contributed by atoms with Gasteiger partial charge in [-0.15, -0.1) is 23.5 Å². The van der Waals surface area contributed by atoms with Gasteiger partial charge in [0.2, 0.25) is 0 Å². The van der Waals surface area contributed by atoms with Gasteiger partial charge in [-0.25, -0.2) is 0 Å². The van der Waals surface area contributed by atoms with Crippen molar-refractivity contribution >= 4 is 23.5 Å². The van der Waals surface area contributed by atoms with E-state index in [1.807, 2.05) is 11.8 Å². The molecule has 3 heteroatoms. The van der Waals surface area contributed by atoms with Crippen LogP contribution in [0.4, 0.5) is 0 Å². The van der Waals surface area contributed by atoms with Gasteiger partial charge < -0.3 is 5.73 Å². The first-order valence-electron chi connectivity index (χ1n) is 4.71. The lowest BCUT2D eigenvalue weighted by Crippen LogP contribution is -2.01. The fraction of sp³-hybridized carbons (Fsp3) is 0.455. The molecule has 0 saturated carbocycles. The molecule has 0 spiro atoms. The second-order valence-electron chi connectivity index (χ2n) is 3.31. The van der Waals surface area contributed by atoms with Crippen LogP contribution in [0.5, 0.6) is 0 Å². The molecule has 0 saturated heterocycles. The van der Waals surface area contributed by atoms with Gasteiger partial charge in [-0.3, -0.25) is 0 Å². The third-order valence-electron chi connectivity index (χ3n) is 1.88. The van der Waals surface area contributed by atoms with Crippen molar-refractivity contribution in [3.63, 3.8) is 0 Å². The largest absolute Gasteiger partial charge is 0.326 e. The van der Waals surface area contributed by atoms with Gasteiger partial charge in [-0.05, 0) is 24.0 Å². The lowest BCUT2D eigenvalue weighted by molar-refractivity contribution is 0.976. The summed E-state index contributed by atoms with van der Waals surface area (Å²) in [6.07, 6.45) is 2.10. The Kier molecular flexibility index (Phi) is 4.85. The van der Waals surface area contributed by atoms with Crippen LogP contribution >= 0.6 is 23.5 Å². The Bertz CT molecular complexity index is 297. The zero-order valence-corrected chi connectivity index (χ0v) is 10.5. The molecule has 0 aliphatic heterocycles. The minimum Gasteiger partial charge on any atom is -0.326 e. The van der Waals surface area contributed by atoms with Gasteiger partial charge in [0.25, 0.3) is 0 Å². The number of hydrogen-bond donors (Lipinski definition) is 1. The van der Waals surface area contributed by atoms with Crippen molar-refractivity contribution < 1.29 is 0 Å². The smallest absolute Gasteiger partial charge is 0.0200 e. The molecular formula is C11H17NS2. The van der Waals surface area contributed by atoms with Crippen LogP contribution in [0.25, 0.3) is 0 Å².